The Kier molecular flexibility index (Phi) is 7.26. The van der Waals surface area contributed by atoms with Crippen LogP contribution in [0.15, 0.2) is 83.4 Å². The Hall–Kier alpha value is -4.39. The topological polar surface area (TPSA) is 87.9 Å². The van der Waals surface area contributed by atoms with E-state index in [0.717, 1.165) is 11.3 Å². The first-order chi connectivity index (χ1) is 17.0. The molecule has 0 spiro atoms. The fourth-order valence-corrected chi connectivity index (χ4v) is 3.60. The number of esters is 1. The fourth-order valence-electron chi connectivity index (χ4n) is 3.60. The lowest BCUT2D eigenvalue weighted by atomic mass is 9.99. The molecule has 178 valence electrons. The number of ether oxygens (including phenoxy) is 3. The average Bonchev–Trinajstić information content (AvgIpc) is 3.23. The molecule has 0 saturated heterocycles. The molecule has 0 N–H and O–H groups in total. The van der Waals surface area contributed by atoms with Gasteiger partial charge in [0.05, 0.1) is 23.9 Å². The second-order valence-electron chi connectivity index (χ2n) is 7.88. The van der Waals surface area contributed by atoms with Crippen LogP contribution in [0.25, 0.3) is 0 Å². The number of Topliss-reactive ketones (excluding diaryl/α,β-unsaturated/α-hetero) is 1. The van der Waals surface area contributed by atoms with E-state index in [1.54, 1.807) is 60.7 Å². The van der Waals surface area contributed by atoms with Crippen LogP contribution in [0, 0.1) is 13.8 Å². The molecule has 7 nitrogen and oxygen atoms in total. The number of carbonyl (C=O) groups excluding carboxylic acids is 2. The van der Waals surface area contributed by atoms with E-state index in [4.69, 9.17) is 18.7 Å². The third-order valence-electron chi connectivity index (χ3n) is 5.58. The first-order valence-electron chi connectivity index (χ1n) is 11.1. The van der Waals surface area contributed by atoms with Crippen molar-refractivity contribution in [2.45, 2.75) is 26.6 Å². The summed E-state index contributed by atoms with van der Waals surface area (Å²) in [6, 6.07) is 22.4. The van der Waals surface area contributed by atoms with Crippen molar-refractivity contribution in [2.24, 2.45) is 0 Å². The Labute approximate surface area is 203 Å². The van der Waals surface area contributed by atoms with E-state index >= 15 is 0 Å². The normalized spacial score (nSPS) is 11.5. The first-order valence-corrected chi connectivity index (χ1v) is 11.1. The van der Waals surface area contributed by atoms with Gasteiger partial charge in [0.1, 0.15) is 12.4 Å². The summed E-state index contributed by atoms with van der Waals surface area (Å²) in [6.45, 7) is 3.89. The van der Waals surface area contributed by atoms with Gasteiger partial charge in [-0.2, -0.15) is 0 Å². The highest BCUT2D eigenvalue weighted by atomic mass is 16.5. The minimum absolute atomic E-state index is 0.230. The smallest absolute Gasteiger partial charge is 0.339 e. The standard InChI is InChI=1S/C28H25NO6/c1-18-23(19(2)35-29-18)17-33-24-15-14-22(16-25(24)32-3)28(31)34-27(21-12-8-5-9-13-21)26(30)20-10-6-4-7-11-20/h4-16,27H,17H2,1-3H3. The Bertz CT molecular complexity index is 1290. The van der Waals surface area contributed by atoms with Crippen molar-refractivity contribution in [3.8, 4) is 11.5 Å². The molecular formula is C28H25NO6. The van der Waals surface area contributed by atoms with Gasteiger partial charge in [0, 0.05) is 11.1 Å². The summed E-state index contributed by atoms with van der Waals surface area (Å²) >= 11 is 0. The maximum Gasteiger partial charge on any atom is 0.339 e. The van der Waals surface area contributed by atoms with E-state index in [-0.39, 0.29) is 18.0 Å². The summed E-state index contributed by atoms with van der Waals surface area (Å²) in [4.78, 5) is 26.3. The molecule has 1 heterocycles. The van der Waals surface area contributed by atoms with Gasteiger partial charge in [0.2, 0.25) is 5.78 Å². The fraction of sp³-hybridized carbons (Fsp3) is 0.179. The van der Waals surface area contributed by atoms with Crippen molar-refractivity contribution in [3.63, 3.8) is 0 Å². The number of nitrogens with zero attached hydrogens (tertiary/aromatic N) is 1. The predicted molar refractivity (Wildman–Crippen MR) is 129 cm³/mol. The summed E-state index contributed by atoms with van der Waals surface area (Å²) in [6.07, 6.45) is -1.09. The molecule has 7 heteroatoms. The molecule has 0 aliphatic rings. The lowest BCUT2D eigenvalue weighted by Crippen LogP contribution is -2.20. The molecule has 4 aromatic rings. The quantitative estimate of drug-likeness (QED) is 0.230. The van der Waals surface area contributed by atoms with Crippen molar-refractivity contribution in [3.05, 3.63) is 113 Å². The van der Waals surface area contributed by atoms with Gasteiger partial charge in [-0.25, -0.2) is 4.79 Å². The maximum atomic E-state index is 13.2. The van der Waals surface area contributed by atoms with E-state index in [0.29, 0.717) is 28.4 Å². The van der Waals surface area contributed by atoms with Gasteiger partial charge in [-0.05, 0) is 32.0 Å². The molecule has 3 aromatic carbocycles. The molecule has 0 radical (unpaired) electrons. The molecule has 0 aliphatic carbocycles. The second kappa shape index (κ2) is 10.7. The monoisotopic (exact) mass is 471 g/mol. The van der Waals surface area contributed by atoms with Gasteiger partial charge in [0.25, 0.3) is 0 Å². The molecule has 35 heavy (non-hydrogen) atoms. The number of hydrogen-bond acceptors (Lipinski definition) is 7. The van der Waals surface area contributed by atoms with E-state index in [1.165, 1.54) is 13.2 Å². The predicted octanol–water partition coefficient (Wildman–Crippen LogP) is 5.66. The molecule has 4 rings (SSSR count). The molecule has 0 bridgehead atoms. The summed E-state index contributed by atoms with van der Waals surface area (Å²) < 4.78 is 22.2. The van der Waals surface area contributed by atoms with Gasteiger partial charge < -0.3 is 18.7 Å². The highest BCUT2D eigenvalue weighted by molar-refractivity contribution is 6.02. The van der Waals surface area contributed by atoms with Crippen molar-refractivity contribution < 1.29 is 28.3 Å². The van der Waals surface area contributed by atoms with E-state index in [9.17, 15) is 9.59 Å². The van der Waals surface area contributed by atoms with Crippen LogP contribution in [0.4, 0.5) is 0 Å². The number of methoxy groups -OCH3 is 1. The first kappa shape index (κ1) is 23.8. The minimum Gasteiger partial charge on any atom is -0.493 e. The third-order valence-corrected chi connectivity index (χ3v) is 5.58. The van der Waals surface area contributed by atoms with Crippen molar-refractivity contribution in [1.29, 1.82) is 0 Å². The van der Waals surface area contributed by atoms with Crippen LogP contribution >= 0.6 is 0 Å². The second-order valence-corrected chi connectivity index (χ2v) is 7.88. The number of carbonyl (C=O) groups is 2. The molecule has 0 amide bonds. The molecule has 1 atom stereocenters. The zero-order valence-corrected chi connectivity index (χ0v) is 19.7. The summed E-state index contributed by atoms with van der Waals surface area (Å²) in [7, 11) is 1.49. The largest absolute Gasteiger partial charge is 0.493 e. The molecule has 0 aliphatic heterocycles. The number of aromatic nitrogens is 1. The molecular weight excluding hydrogens is 446 g/mol. The summed E-state index contributed by atoms with van der Waals surface area (Å²) in [5.74, 6) is 0.521. The van der Waals surface area contributed by atoms with E-state index < -0.39 is 12.1 Å². The van der Waals surface area contributed by atoms with Gasteiger partial charge in [-0.3, -0.25) is 4.79 Å². The van der Waals surface area contributed by atoms with Gasteiger partial charge in [-0.1, -0.05) is 65.8 Å². The molecule has 0 saturated carbocycles. The number of aryl methyl sites for hydroxylation is 2. The molecule has 0 fully saturated rings. The van der Waals surface area contributed by atoms with Crippen molar-refractivity contribution in [1.82, 2.24) is 5.16 Å². The highest BCUT2D eigenvalue weighted by Crippen LogP contribution is 2.31. The summed E-state index contributed by atoms with van der Waals surface area (Å²) in [5.41, 5.74) is 2.86. The lowest BCUT2D eigenvalue weighted by molar-refractivity contribution is 0.0279. The van der Waals surface area contributed by atoms with E-state index in [1.807, 2.05) is 26.0 Å². The molecule has 1 aromatic heterocycles. The van der Waals surface area contributed by atoms with Crippen LogP contribution in [0.5, 0.6) is 11.5 Å². The lowest BCUT2D eigenvalue weighted by Gasteiger charge is -2.18. The third kappa shape index (κ3) is 5.41. The number of ketones is 1. The summed E-state index contributed by atoms with van der Waals surface area (Å²) in [5, 5.41) is 3.92. The minimum atomic E-state index is -1.09. The van der Waals surface area contributed by atoms with E-state index in [2.05, 4.69) is 5.16 Å². The van der Waals surface area contributed by atoms with Crippen molar-refractivity contribution in [2.75, 3.05) is 7.11 Å². The number of rotatable bonds is 9. The average molecular weight is 472 g/mol. The van der Waals surface area contributed by atoms with Crippen LogP contribution < -0.4 is 9.47 Å². The van der Waals surface area contributed by atoms with Crippen LogP contribution in [0.1, 0.15) is 49.4 Å². The van der Waals surface area contributed by atoms with Gasteiger partial charge in [-0.15, -0.1) is 0 Å². The van der Waals surface area contributed by atoms with Gasteiger partial charge >= 0.3 is 5.97 Å². The Morgan fingerprint density at radius 1 is 0.886 bits per heavy atom. The van der Waals surface area contributed by atoms with Crippen molar-refractivity contribution >= 4 is 11.8 Å². The van der Waals surface area contributed by atoms with Crippen LogP contribution in [0.3, 0.4) is 0 Å². The highest BCUT2D eigenvalue weighted by Gasteiger charge is 2.27. The zero-order valence-electron chi connectivity index (χ0n) is 19.7. The Balaban J connectivity index is 1.55. The number of hydrogen-bond donors (Lipinski definition) is 0. The SMILES string of the molecule is COc1cc(C(=O)OC(C(=O)c2ccccc2)c2ccccc2)ccc1OCc1c(C)noc1C. The van der Waals surface area contributed by atoms with Crippen LogP contribution in [0.2, 0.25) is 0 Å². The Morgan fingerprint density at radius 2 is 1.57 bits per heavy atom. The number of benzene rings is 3. The zero-order chi connectivity index (χ0) is 24.8. The molecule has 1 unspecified atom stereocenters. The maximum absolute atomic E-state index is 13.2. The van der Waals surface area contributed by atoms with Crippen LogP contribution in [-0.2, 0) is 11.3 Å². The Morgan fingerprint density at radius 3 is 2.20 bits per heavy atom. The van der Waals surface area contributed by atoms with Crippen LogP contribution in [-0.4, -0.2) is 24.0 Å². The van der Waals surface area contributed by atoms with Gasteiger partial charge in [0.15, 0.2) is 17.6 Å².